The van der Waals surface area contributed by atoms with Crippen LogP contribution in [0.4, 0.5) is 0 Å². The highest BCUT2D eigenvalue weighted by atomic mass is 35.5. The van der Waals surface area contributed by atoms with Crippen molar-refractivity contribution in [2.75, 3.05) is 0 Å². The fourth-order valence-corrected chi connectivity index (χ4v) is 1.83. The lowest BCUT2D eigenvalue weighted by Gasteiger charge is -2.05. The molecule has 2 heterocycles. The van der Waals surface area contributed by atoms with E-state index in [1.54, 1.807) is 24.4 Å². The van der Waals surface area contributed by atoms with E-state index in [2.05, 4.69) is 9.97 Å². The lowest BCUT2D eigenvalue weighted by atomic mass is 10.2. The molecule has 0 unspecified atom stereocenters. The third kappa shape index (κ3) is 2.26. The largest absolute Gasteiger partial charge is 0.437 e. The SMILES string of the molecule is Clc1cccc(Oc2cnc3ccccc3c2)n1. The molecule has 0 aliphatic heterocycles. The van der Waals surface area contributed by atoms with Crippen LogP contribution < -0.4 is 4.74 Å². The van der Waals surface area contributed by atoms with Crippen LogP contribution in [-0.2, 0) is 0 Å². The molecule has 18 heavy (non-hydrogen) atoms. The molecule has 3 nitrogen and oxygen atoms in total. The quantitative estimate of drug-likeness (QED) is 0.648. The third-order valence-electron chi connectivity index (χ3n) is 2.48. The summed E-state index contributed by atoms with van der Waals surface area (Å²) in [4.78, 5) is 8.38. The Balaban J connectivity index is 1.95. The van der Waals surface area contributed by atoms with E-state index in [0.717, 1.165) is 10.9 Å². The summed E-state index contributed by atoms with van der Waals surface area (Å²) in [5, 5.41) is 1.43. The second-order valence-corrected chi connectivity index (χ2v) is 4.15. The van der Waals surface area contributed by atoms with Crippen molar-refractivity contribution in [3.05, 3.63) is 59.9 Å². The van der Waals surface area contributed by atoms with Gasteiger partial charge in [-0.2, -0.15) is 0 Å². The van der Waals surface area contributed by atoms with E-state index in [-0.39, 0.29) is 0 Å². The van der Waals surface area contributed by atoms with Crippen LogP contribution in [0.15, 0.2) is 54.7 Å². The molecule has 0 amide bonds. The van der Waals surface area contributed by atoms with Crippen molar-refractivity contribution < 1.29 is 4.74 Å². The van der Waals surface area contributed by atoms with E-state index in [1.807, 2.05) is 30.3 Å². The van der Waals surface area contributed by atoms with Gasteiger partial charge in [0.05, 0.1) is 11.7 Å². The van der Waals surface area contributed by atoms with Gasteiger partial charge in [-0.3, -0.25) is 4.98 Å². The van der Waals surface area contributed by atoms with Crippen LogP contribution in [-0.4, -0.2) is 9.97 Å². The van der Waals surface area contributed by atoms with Crippen LogP contribution in [0.2, 0.25) is 5.15 Å². The second kappa shape index (κ2) is 4.63. The molecule has 0 saturated carbocycles. The molecule has 0 aliphatic rings. The number of hydrogen-bond donors (Lipinski definition) is 0. The van der Waals surface area contributed by atoms with Gasteiger partial charge in [0.15, 0.2) is 0 Å². The standard InChI is InChI=1S/C14H9ClN2O/c15-13-6-3-7-14(17-13)18-11-8-10-4-1-2-5-12(10)16-9-11/h1-9H. The third-order valence-corrected chi connectivity index (χ3v) is 2.69. The Morgan fingerprint density at radius 1 is 1.00 bits per heavy atom. The topological polar surface area (TPSA) is 35.0 Å². The molecule has 0 saturated heterocycles. The zero-order valence-electron chi connectivity index (χ0n) is 9.38. The average Bonchev–Trinajstić information content (AvgIpc) is 2.39. The van der Waals surface area contributed by atoms with E-state index in [4.69, 9.17) is 16.3 Å². The summed E-state index contributed by atoms with van der Waals surface area (Å²) in [7, 11) is 0. The van der Waals surface area contributed by atoms with Gasteiger partial charge in [-0.15, -0.1) is 0 Å². The molecule has 4 heteroatoms. The second-order valence-electron chi connectivity index (χ2n) is 3.76. The predicted octanol–water partition coefficient (Wildman–Crippen LogP) is 4.08. The summed E-state index contributed by atoms with van der Waals surface area (Å²) < 4.78 is 5.61. The monoisotopic (exact) mass is 256 g/mol. The van der Waals surface area contributed by atoms with E-state index in [9.17, 15) is 0 Å². The molecule has 0 spiro atoms. The number of halogens is 1. The van der Waals surface area contributed by atoms with Crippen LogP contribution in [0.3, 0.4) is 0 Å². The Bertz CT molecular complexity index is 700. The van der Waals surface area contributed by atoms with E-state index >= 15 is 0 Å². The Morgan fingerprint density at radius 2 is 1.89 bits per heavy atom. The van der Waals surface area contributed by atoms with Gasteiger partial charge in [0.2, 0.25) is 5.88 Å². The van der Waals surface area contributed by atoms with Crippen molar-refractivity contribution >= 4 is 22.5 Å². The molecule has 0 aliphatic carbocycles. The minimum Gasteiger partial charge on any atom is -0.437 e. The highest BCUT2D eigenvalue weighted by molar-refractivity contribution is 6.29. The van der Waals surface area contributed by atoms with E-state index in [1.165, 1.54) is 0 Å². The van der Waals surface area contributed by atoms with Crippen molar-refractivity contribution in [3.63, 3.8) is 0 Å². The van der Waals surface area contributed by atoms with E-state index < -0.39 is 0 Å². The summed E-state index contributed by atoms with van der Waals surface area (Å²) in [5.41, 5.74) is 0.934. The van der Waals surface area contributed by atoms with Crippen molar-refractivity contribution in [2.45, 2.75) is 0 Å². The van der Waals surface area contributed by atoms with Gasteiger partial charge < -0.3 is 4.74 Å². The Kier molecular flexibility index (Phi) is 2.82. The van der Waals surface area contributed by atoms with Crippen molar-refractivity contribution in [3.8, 4) is 11.6 Å². The lowest BCUT2D eigenvalue weighted by molar-refractivity contribution is 0.462. The summed E-state index contributed by atoms with van der Waals surface area (Å²) >= 11 is 5.80. The van der Waals surface area contributed by atoms with Gasteiger partial charge in [-0.05, 0) is 18.2 Å². The molecule has 3 rings (SSSR count). The Hall–Kier alpha value is -2.13. The lowest BCUT2D eigenvalue weighted by Crippen LogP contribution is -1.89. The number of pyridine rings is 2. The molecule has 0 atom stereocenters. The predicted molar refractivity (Wildman–Crippen MR) is 71.1 cm³/mol. The number of aromatic nitrogens is 2. The maximum Gasteiger partial charge on any atom is 0.220 e. The van der Waals surface area contributed by atoms with E-state index in [0.29, 0.717) is 16.8 Å². The number of rotatable bonds is 2. The number of benzene rings is 1. The Labute approximate surface area is 109 Å². The summed E-state index contributed by atoms with van der Waals surface area (Å²) in [6.45, 7) is 0. The van der Waals surface area contributed by atoms with Crippen LogP contribution >= 0.6 is 11.6 Å². The molecule has 88 valence electrons. The van der Waals surface area contributed by atoms with Gasteiger partial charge in [0.25, 0.3) is 0 Å². The molecule has 0 bridgehead atoms. The van der Waals surface area contributed by atoms with Crippen molar-refractivity contribution in [1.82, 2.24) is 9.97 Å². The van der Waals surface area contributed by atoms with Gasteiger partial charge in [-0.25, -0.2) is 4.98 Å². The number of fused-ring (bicyclic) bond motifs is 1. The highest BCUT2D eigenvalue weighted by Gasteiger charge is 2.01. The minimum atomic E-state index is 0.404. The van der Waals surface area contributed by atoms with Crippen LogP contribution in [0.25, 0.3) is 10.9 Å². The van der Waals surface area contributed by atoms with Crippen LogP contribution in [0.1, 0.15) is 0 Å². The van der Waals surface area contributed by atoms with Gasteiger partial charge >= 0.3 is 0 Å². The number of nitrogens with zero attached hydrogens (tertiary/aromatic N) is 2. The highest BCUT2D eigenvalue weighted by Crippen LogP contribution is 2.23. The van der Waals surface area contributed by atoms with Crippen molar-refractivity contribution in [1.29, 1.82) is 0 Å². The van der Waals surface area contributed by atoms with Gasteiger partial charge in [-0.1, -0.05) is 35.9 Å². The molecule has 0 radical (unpaired) electrons. The molecule has 1 aromatic carbocycles. The fourth-order valence-electron chi connectivity index (χ4n) is 1.67. The van der Waals surface area contributed by atoms with Crippen LogP contribution in [0.5, 0.6) is 11.6 Å². The molecule has 0 fully saturated rings. The molecular formula is C14H9ClN2O. The first-order valence-electron chi connectivity index (χ1n) is 5.46. The molecule has 2 aromatic heterocycles. The normalized spacial score (nSPS) is 10.5. The summed E-state index contributed by atoms with van der Waals surface area (Å²) in [6.07, 6.45) is 1.67. The van der Waals surface area contributed by atoms with Gasteiger partial charge in [0, 0.05) is 11.5 Å². The molecular weight excluding hydrogens is 248 g/mol. The van der Waals surface area contributed by atoms with Gasteiger partial charge in [0.1, 0.15) is 10.9 Å². The summed E-state index contributed by atoms with van der Waals surface area (Å²) in [6, 6.07) is 15.0. The number of hydrogen-bond acceptors (Lipinski definition) is 3. The first kappa shape index (κ1) is 11.0. The van der Waals surface area contributed by atoms with Crippen molar-refractivity contribution in [2.24, 2.45) is 0 Å². The van der Waals surface area contributed by atoms with Crippen LogP contribution in [0, 0.1) is 0 Å². The molecule has 3 aromatic rings. The maximum atomic E-state index is 5.80. The smallest absolute Gasteiger partial charge is 0.220 e. The fraction of sp³-hybridized carbons (Fsp3) is 0. The first-order chi connectivity index (χ1) is 8.81. The average molecular weight is 257 g/mol. The number of para-hydroxylation sites is 1. The minimum absolute atomic E-state index is 0.404. The zero-order chi connectivity index (χ0) is 12.4. The first-order valence-corrected chi connectivity index (χ1v) is 5.84. The Morgan fingerprint density at radius 3 is 2.78 bits per heavy atom. The molecule has 0 N–H and O–H groups in total. The zero-order valence-corrected chi connectivity index (χ0v) is 10.1. The number of ether oxygens (including phenoxy) is 1. The summed E-state index contributed by atoms with van der Waals surface area (Å²) in [5.74, 6) is 1.10. The maximum absolute atomic E-state index is 5.80.